The number of nitrogens with zero attached hydrogens (tertiary/aromatic N) is 1. The first-order valence-corrected chi connectivity index (χ1v) is 8.68. The normalized spacial score (nSPS) is 27.4. The molecule has 0 aromatic carbocycles. The van der Waals surface area contributed by atoms with E-state index in [2.05, 4.69) is 18.6 Å². The maximum Gasteiger partial charge on any atom is 0.279 e. The zero-order valence-electron chi connectivity index (χ0n) is 12.3. The highest BCUT2D eigenvalue weighted by molar-refractivity contribution is 7.87. The van der Waals surface area contributed by atoms with Crippen LogP contribution in [-0.2, 0) is 10.2 Å². The van der Waals surface area contributed by atoms with Crippen molar-refractivity contribution < 1.29 is 13.5 Å². The molecule has 1 fully saturated rings. The molecule has 0 aliphatic carbocycles. The second-order valence-corrected chi connectivity index (χ2v) is 7.66. The Kier molecular flexibility index (Phi) is 6.73. The average molecular weight is 292 g/mol. The predicted molar refractivity (Wildman–Crippen MR) is 76.9 cm³/mol. The van der Waals surface area contributed by atoms with E-state index in [1.54, 1.807) is 4.31 Å². The van der Waals surface area contributed by atoms with E-state index in [-0.39, 0.29) is 12.5 Å². The predicted octanol–water partition coefficient (Wildman–Crippen LogP) is 1.21. The van der Waals surface area contributed by atoms with Crippen LogP contribution in [0.3, 0.4) is 0 Å². The van der Waals surface area contributed by atoms with E-state index in [0.717, 1.165) is 12.8 Å². The van der Waals surface area contributed by atoms with Gasteiger partial charge in [-0.25, -0.2) is 4.72 Å². The van der Waals surface area contributed by atoms with Gasteiger partial charge in [0.15, 0.2) is 0 Å². The summed E-state index contributed by atoms with van der Waals surface area (Å²) in [5.74, 6) is 1.04. The molecule has 1 saturated heterocycles. The minimum atomic E-state index is -3.37. The van der Waals surface area contributed by atoms with Gasteiger partial charge in [0.1, 0.15) is 0 Å². The molecule has 114 valence electrons. The van der Waals surface area contributed by atoms with Crippen LogP contribution in [-0.4, -0.2) is 44.1 Å². The van der Waals surface area contributed by atoms with Gasteiger partial charge in [0.2, 0.25) is 0 Å². The number of aliphatic hydroxyl groups excluding tert-OH is 1. The molecule has 1 aliphatic heterocycles. The van der Waals surface area contributed by atoms with Crippen LogP contribution in [0.4, 0.5) is 0 Å². The van der Waals surface area contributed by atoms with E-state index < -0.39 is 10.2 Å². The summed E-state index contributed by atoms with van der Waals surface area (Å²) in [5.41, 5.74) is 0. The summed E-state index contributed by atoms with van der Waals surface area (Å²) >= 11 is 0. The average Bonchev–Trinajstić information content (AvgIpc) is 2.33. The molecular formula is C13H28N2O3S. The Hall–Kier alpha value is -0.170. The first kappa shape index (κ1) is 16.9. The fourth-order valence-corrected chi connectivity index (χ4v) is 4.28. The lowest BCUT2D eigenvalue weighted by molar-refractivity contribution is 0.219. The quantitative estimate of drug-likeness (QED) is 0.741. The standard InChI is InChI=1S/C13H28N2O3S/c1-4-13(5-6-16)8-14-19(17,18)15-9-11(2)7-12(3)10-15/h11-14,16H,4-10H2,1-3H3. The van der Waals surface area contributed by atoms with Crippen LogP contribution >= 0.6 is 0 Å². The first-order valence-electron chi connectivity index (χ1n) is 7.24. The van der Waals surface area contributed by atoms with Gasteiger partial charge in [-0.2, -0.15) is 12.7 Å². The molecule has 3 atom stereocenters. The maximum absolute atomic E-state index is 12.3. The van der Waals surface area contributed by atoms with Crippen molar-refractivity contribution in [3.8, 4) is 0 Å². The third-order valence-corrected chi connectivity index (χ3v) is 5.35. The lowest BCUT2D eigenvalue weighted by atomic mass is 9.94. The molecular weight excluding hydrogens is 264 g/mol. The van der Waals surface area contributed by atoms with Crippen molar-refractivity contribution in [1.82, 2.24) is 9.03 Å². The highest BCUT2D eigenvalue weighted by atomic mass is 32.2. The summed E-state index contributed by atoms with van der Waals surface area (Å²) < 4.78 is 28.8. The number of aliphatic hydroxyl groups is 1. The summed E-state index contributed by atoms with van der Waals surface area (Å²) in [7, 11) is -3.37. The molecule has 0 amide bonds. The molecule has 0 aromatic rings. The number of hydrogen-bond acceptors (Lipinski definition) is 3. The molecule has 3 unspecified atom stereocenters. The third kappa shape index (κ3) is 5.38. The van der Waals surface area contributed by atoms with Crippen molar-refractivity contribution in [2.45, 2.75) is 40.0 Å². The molecule has 0 radical (unpaired) electrons. The summed E-state index contributed by atoms with van der Waals surface area (Å²) in [6.45, 7) is 7.95. The van der Waals surface area contributed by atoms with Gasteiger partial charge < -0.3 is 5.11 Å². The summed E-state index contributed by atoms with van der Waals surface area (Å²) in [6, 6.07) is 0. The minimum absolute atomic E-state index is 0.109. The Balaban J connectivity index is 2.55. The molecule has 0 bridgehead atoms. The molecule has 5 nitrogen and oxygen atoms in total. The maximum atomic E-state index is 12.3. The summed E-state index contributed by atoms with van der Waals surface area (Å²) in [5, 5.41) is 8.93. The Morgan fingerprint density at radius 1 is 1.32 bits per heavy atom. The lowest BCUT2D eigenvalue weighted by Crippen LogP contribution is -2.48. The van der Waals surface area contributed by atoms with Gasteiger partial charge in [0.25, 0.3) is 10.2 Å². The Bertz CT molecular complexity index is 349. The summed E-state index contributed by atoms with van der Waals surface area (Å²) in [6.07, 6.45) is 2.61. The Labute approximate surface area is 117 Å². The molecule has 19 heavy (non-hydrogen) atoms. The van der Waals surface area contributed by atoms with Gasteiger partial charge in [-0.05, 0) is 30.6 Å². The minimum Gasteiger partial charge on any atom is -0.396 e. The van der Waals surface area contributed by atoms with Crippen LogP contribution in [0.25, 0.3) is 0 Å². The largest absolute Gasteiger partial charge is 0.396 e. The third-order valence-electron chi connectivity index (χ3n) is 3.84. The number of piperidine rings is 1. The van der Waals surface area contributed by atoms with Crippen molar-refractivity contribution in [3.05, 3.63) is 0 Å². The molecule has 1 aliphatic rings. The van der Waals surface area contributed by atoms with Gasteiger partial charge in [0.05, 0.1) is 0 Å². The van der Waals surface area contributed by atoms with Crippen LogP contribution in [0.5, 0.6) is 0 Å². The van der Waals surface area contributed by atoms with E-state index >= 15 is 0 Å². The Morgan fingerprint density at radius 2 is 1.89 bits per heavy atom. The van der Waals surface area contributed by atoms with Gasteiger partial charge >= 0.3 is 0 Å². The molecule has 1 heterocycles. The smallest absolute Gasteiger partial charge is 0.279 e. The van der Waals surface area contributed by atoms with Crippen LogP contribution in [0.15, 0.2) is 0 Å². The fraction of sp³-hybridized carbons (Fsp3) is 1.00. The lowest BCUT2D eigenvalue weighted by Gasteiger charge is -2.34. The molecule has 0 aromatic heterocycles. The van der Waals surface area contributed by atoms with Crippen LogP contribution in [0.1, 0.15) is 40.0 Å². The highest BCUT2D eigenvalue weighted by Gasteiger charge is 2.30. The summed E-state index contributed by atoms with van der Waals surface area (Å²) in [4.78, 5) is 0. The number of hydrogen-bond donors (Lipinski definition) is 2. The zero-order chi connectivity index (χ0) is 14.5. The van der Waals surface area contributed by atoms with E-state index in [1.807, 2.05) is 6.92 Å². The van der Waals surface area contributed by atoms with E-state index in [4.69, 9.17) is 5.11 Å². The number of rotatable bonds is 7. The molecule has 0 spiro atoms. The van der Waals surface area contributed by atoms with Crippen molar-refractivity contribution >= 4 is 10.2 Å². The molecule has 1 rings (SSSR count). The highest BCUT2D eigenvalue weighted by Crippen LogP contribution is 2.22. The second kappa shape index (κ2) is 7.57. The van der Waals surface area contributed by atoms with Crippen molar-refractivity contribution in [3.63, 3.8) is 0 Å². The van der Waals surface area contributed by atoms with Crippen molar-refractivity contribution in [1.29, 1.82) is 0 Å². The van der Waals surface area contributed by atoms with Gasteiger partial charge in [-0.15, -0.1) is 0 Å². The van der Waals surface area contributed by atoms with Crippen molar-refractivity contribution in [2.75, 3.05) is 26.2 Å². The van der Waals surface area contributed by atoms with Gasteiger partial charge in [-0.3, -0.25) is 0 Å². The fourth-order valence-electron chi connectivity index (χ4n) is 2.75. The topological polar surface area (TPSA) is 69.6 Å². The van der Waals surface area contributed by atoms with Crippen LogP contribution in [0, 0.1) is 17.8 Å². The molecule has 6 heteroatoms. The van der Waals surface area contributed by atoms with Crippen LogP contribution < -0.4 is 4.72 Å². The first-order chi connectivity index (χ1) is 8.89. The second-order valence-electron chi connectivity index (χ2n) is 5.90. The number of nitrogens with one attached hydrogen (secondary N) is 1. The van der Waals surface area contributed by atoms with E-state index in [0.29, 0.717) is 37.9 Å². The zero-order valence-corrected chi connectivity index (χ0v) is 13.1. The van der Waals surface area contributed by atoms with E-state index in [1.165, 1.54) is 0 Å². The SMILES string of the molecule is CCC(CCO)CNS(=O)(=O)N1CC(C)CC(C)C1. The molecule has 2 N–H and O–H groups in total. The van der Waals surface area contributed by atoms with Crippen molar-refractivity contribution in [2.24, 2.45) is 17.8 Å². The van der Waals surface area contributed by atoms with Crippen LogP contribution in [0.2, 0.25) is 0 Å². The van der Waals surface area contributed by atoms with Gasteiger partial charge in [0, 0.05) is 26.2 Å². The monoisotopic (exact) mass is 292 g/mol. The van der Waals surface area contributed by atoms with Gasteiger partial charge in [-0.1, -0.05) is 27.2 Å². The Morgan fingerprint density at radius 3 is 2.37 bits per heavy atom. The molecule has 0 saturated carbocycles. The van der Waals surface area contributed by atoms with E-state index in [9.17, 15) is 8.42 Å².